The number of amides is 2. The van der Waals surface area contributed by atoms with Gasteiger partial charge in [-0.05, 0) is 49.6 Å². The average Bonchev–Trinajstić information content (AvgIpc) is 3.39. The molecule has 1 atom stereocenters. The summed E-state index contributed by atoms with van der Waals surface area (Å²) < 4.78 is 1.00. The van der Waals surface area contributed by atoms with Crippen LogP contribution < -0.4 is 16.4 Å². The molecule has 2 aliphatic rings. The first kappa shape index (κ1) is 23.6. The van der Waals surface area contributed by atoms with Gasteiger partial charge in [0.25, 0.3) is 5.91 Å². The standard InChI is InChI=1S/C26H27N5O2S2/c1-15-12-13-18-19(14-15)34-26(30-18)31-24(33)22-21(27)20(23(32)28-16-8-4-2-5-9-16)25(35-22)29-17-10-6-3-7-11-17/h3,6-7,10-14,16,22H,2,4-5,8-9,27H2,1H3,(H,28,32)(H,30,31,33)/t22-/m1/s1. The second-order valence-corrected chi connectivity index (χ2v) is 11.0. The van der Waals surface area contributed by atoms with Gasteiger partial charge in [-0.1, -0.05) is 66.6 Å². The van der Waals surface area contributed by atoms with Crippen molar-refractivity contribution in [3.63, 3.8) is 0 Å². The number of anilines is 1. The summed E-state index contributed by atoms with van der Waals surface area (Å²) in [5, 5.41) is 6.22. The SMILES string of the molecule is Cc1ccc2nc(NC(=O)[C@@H]3SC(=Nc4ccccc4)C(C(=O)NC4CCCCC4)=C3N)sc2c1. The van der Waals surface area contributed by atoms with Crippen molar-refractivity contribution in [1.82, 2.24) is 10.3 Å². The number of rotatable bonds is 5. The van der Waals surface area contributed by atoms with Crippen LogP contribution in [0.4, 0.5) is 10.8 Å². The molecule has 4 N–H and O–H groups in total. The van der Waals surface area contributed by atoms with Crippen molar-refractivity contribution in [3.05, 3.63) is 65.4 Å². The van der Waals surface area contributed by atoms with Gasteiger partial charge in [-0.3, -0.25) is 9.59 Å². The highest BCUT2D eigenvalue weighted by atomic mass is 32.2. The van der Waals surface area contributed by atoms with Crippen LogP contribution in [0.15, 0.2) is 64.8 Å². The molecular formula is C26H27N5O2S2. The zero-order chi connectivity index (χ0) is 24.4. The second-order valence-electron chi connectivity index (χ2n) is 8.87. The monoisotopic (exact) mass is 505 g/mol. The quantitative estimate of drug-likeness (QED) is 0.450. The summed E-state index contributed by atoms with van der Waals surface area (Å²) >= 11 is 2.62. The smallest absolute Gasteiger partial charge is 0.256 e. The van der Waals surface area contributed by atoms with E-state index >= 15 is 0 Å². The summed E-state index contributed by atoms with van der Waals surface area (Å²) in [6, 6.07) is 15.5. The van der Waals surface area contributed by atoms with Crippen LogP contribution in [0.5, 0.6) is 0 Å². The number of para-hydroxylation sites is 1. The van der Waals surface area contributed by atoms with Crippen LogP contribution >= 0.6 is 23.1 Å². The lowest BCUT2D eigenvalue weighted by Gasteiger charge is -2.23. The molecule has 5 rings (SSSR count). The zero-order valence-electron chi connectivity index (χ0n) is 19.4. The Kier molecular flexibility index (Phi) is 6.88. The summed E-state index contributed by atoms with van der Waals surface area (Å²) in [7, 11) is 0. The van der Waals surface area contributed by atoms with Gasteiger partial charge in [-0.25, -0.2) is 9.98 Å². The molecule has 180 valence electrons. The number of nitrogens with zero attached hydrogens (tertiary/aromatic N) is 2. The van der Waals surface area contributed by atoms with Crippen LogP contribution in [-0.4, -0.2) is 33.1 Å². The van der Waals surface area contributed by atoms with E-state index in [1.165, 1.54) is 29.5 Å². The summed E-state index contributed by atoms with van der Waals surface area (Å²) in [4.78, 5) is 35.8. The van der Waals surface area contributed by atoms with Gasteiger partial charge in [-0.15, -0.1) is 0 Å². The van der Waals surface area contributed by atoms with Crippen LogP contribution in [0.3, 0.4) is 0 Å². The lowest BCUT2D eigenvalue weighted by atomic mass is 9.95. The van der Waals surface area contributed by atoms with Crippen LogP contribution in [0.25, 0.3) is 10.2 Å². The molecule has 2 amide bonds. The first-order valence-corrected chi connectivity index (χ1v) is 13.5. The predicted octanol–water partition coefficient (Wildman–Crippen LogP) is 5.05. The number of nitrogens with two attached hydrogens (primary N) is 1. The minimum Gasteiger partial charge on any atom is -0.400 e. The molecule has 7 nitrogen and oxygen atoms in total. The van der Waals surface area contributed by atoms with Crippen molar-refractivity contribution in [3.8, 4) is 0 Å². The van der Waals surface area contributed by atoms with Crippen LogP contribution in [-0.2, 0) is 9.59 Å². The summed E-state index contributed by atoms with van der Waals surface area (Å²) in [5.41, 5.74) is 9.65. The topological polar surface area (TPSA) is 109 Å². The van der Waals surface area contributed by atoms with Crippen LogP contribution in [0.1, 0.15) is 37.7 Å². The zero-order valence-corrected chi connectivity index (χ0v) is 21.0. The van der Waals surface area contributed by atoms with E-state index in [2.05, 4.69) is 20.6 Å². The molecule has 1 aliphatic carbocycles. The average molecular weight is 506 g/mol. The predicted molar refractivity (Wildman–Crippen MR) is 144 cm³/mol. The number of hydrogen-bond donors (Lipinski definition) is 3. The Morgan fingerprint density at radius 3 is 2.63 bits per heavy atom. The summed E-state index contributed by atoms with van der Waals surface area (Å²) in [5.74, 6) is -0.577. The number of carbonyl (C=O) groups is 2. The number of aliphatic imine (C=N–C) groups is 1. The van der Waals surface area contributed by atoms with Crippen molar-refractivity contribution < 1.29 is 9.59 Å². The van der Waals surface area contributed by atoms with Gasteiger partial charge in [0.15, 0.2) is 5.13 Å². The van der Waals surface area contributed by atoms with E-state index in [0.29, 0.717) is 21.4 Å². The molecule has 1 saturated carbocycles. The molecule has 9 heteroatoms. The molecule has 3 aromatic rings. The maximum absolute atomic E-state index is 13.3. The second kappa shape index (κ2) is 10.2. The molecule has 1 fully saturated rings. The van der Waals surface area contributed by atoms with E-state index in [1.807, 2.05) is 55.5 Å². The van der Waals surface area contributed by atoms with Gasteiger partial charge in [0.1, 0.15) is 10.3 Å². The highest BCUT2D eigenvalue weighted by Gasteiger charge is 2.39. The van der Waals surface area contributed by atoms with Gasteiger partial charge < -0.3 is 16.4 Å². The van der Waals surface area contributed by atoms with Crippen molar-refractivity contribution in [2.45, 2.75) is 50.3 Å². The number of aromatic nitrogens is 1. The number of nitrogens with one attached hydrogen (secondary N) is 2. The Morgan fingerprint density at radius 2 is 1.86 bits per heavy atom. The molecule has 2 heterocycles. The van der Waals surface area contributed by atoms with Gasteiger partial charge >= 0.3 is 0 Å². The molecule has 0 spiro atoms. The number of thioether (sulfide) groups is 1. The summed E-state index contributed by atoms with van der Waals surface area (Å²) in [6.45, 7) is 2.02. The molecule has 2 aromatic carbocycles. The third kappa shape index (κ3) is 5.26. The largest absolute Gasteiger partial charge is 0.400 e. The number of fused-ring (bicyclic) bond motifs is 1. The first-order valence-electron chi connectivity index (χ1n) is 11.8. The molecule has 35 heavy (non-hydrogen) atoms. The minimum atomic E-state index is -0.765. The van der Waals surface area contributed by atoms with Crippen LogP contribution in [0.2, 0.25) is 0 Å². The molecule has 0 saturated heterocycles. The highest BCUT2D eigenvalue weighted by molar-refractivity contribution is 8.16. The van der Waals surface area contributed by atoms with Gasteiger partial charge in [-0.2, -0.15) is 0 Å². The molecular weight excluding hydrogens is 478 g/mol. The molecule has 1 aromatic heterocycles. The fourth-order valence-electron chi connectivity index (χ4n) is 4.37. The minimum absolute atomic E-state index is 0.124. The Bertz CT molecular complexity index is 1330. The van der Waals surface area contributed by atoms with Gasteiger partial charge in [0, 0.05) is 11.7 Å². The van der Waals surface area contributed by atoms with E-state index in [0.717, 1.165) is 41.5 Å². The Morgan fingerprint density at radius 1 is 1.09 bits per heavy atom. The molecule has 1 aliphatic heterocycles. The third-order valence-electron chi connectivity index (χ3n) is 6.18. The normalized spacial score (nSPS) is 19.9. The number of benzene rings is 2. The van der Waals surface area contributed by atoms with E-state index in [-0.39, 0.29) is 23.6 Å². The first-order chi connectivity index (χ1) is 17.0. The maximum Gasteiger partial charge on any atom is 0.256 e. The Hall–Kier alpha value is -3.17. The maximum atomic E-state index is 13.3. The van der Waals surface area contributed by atoms with E-state index in [9.17, 15) is 9.59 Å². The molecule has 0 radical (unpaired) electrons. The fraction of sp³-hybridized carbons (Fsp3) is 0.308. The van der Waals surface area contributed by atoms with Crippen LogP contribution in [0, 0.1) is 6.92 Å². The highest BCUT2D eigenvalue weighted by Crippen LogP contribution is 2.36. The summed E-state index contributed by atoms with van der Waals surface area (Å²) in [6.07, 6.45) is 5.32. The van der Waals surface area contributed by atoms with Crippen molar-refractivity contribution >= 4 is 61.0 Å². The Labute approximate surface area is 212 Å². The van der Waals surface area contributed by atoms with Crippen molar-refractivity contribution in [2.75, 3.05) is 5.32 Å². The van der Waals surface area contributed by atoms with Gasteiger partial charge in [0.05, 0.1) is 21.5 Å². The fourth-order valence-corrected chi connectivity index (χ4v) is 6.46. The third-order valence-corrected chi connectivity index (χ3v) is 8.34. The number of carbonyl (C=O) groups excluding carboxylic acids is 2. The van der Waals surface area contributed by atoms with Crippen molar-refractivity contribution in [1.29, 1.82) is 0 Å². The molecule has 0 bridgehead atoms. The van der Waals surface area contributed by atoms with E-state index < -0.39 is 5.25 Å². The number of hydrogen-bond acceptors (Lipinski definition) is 7. The van der Waals surface area contributed by atoms with Gasteiger partial charge in [0.2, 0.25) is 5.91 Å². The van der Waals surface area contributed by atoms with E-state index in [1.54, 1.807) is 0 Å². The molecule has 0 unspecified atom stereocenters. The van der Waals surface area contributed by atoms with Crippen molar-refractivity contribution in [2.24, 2.45) is 10.7 Å². The van der Waals surface area contributed by atoms with E-state index in [4.69, 9.17) is 5.73 Å². The lowest BCUT2D eigenvalue weighted by Crippen LogP contribution is -2.38. The lowest BCUT2D eigenvalue weighted by molar-refractivity contribution is -0.117. The number of aryl methyl sites for hydroxylation is 1. The number of thiazole rings is 1. The Balaban J connectivity index is 1.41.